The number of thiophene rings is 2. The van der Waals surface area contributed by atoms with Gasteiger partial charge < -0.3 is 18.9 Å². The molecule has 3 aromatic rings. The molecular formula is C18H17NO4S2. The number of fused-ring (bicyclic) bond motifs is 1. The van der Waals surface area contributed by atoms with E-state index in [-0.39, 0.29) is 0 Å². The van der Waals surface area contributed by atoms with Gasteiger partial charge in [0.25, 0.3) is 0 Å². The van der Waals surface area contributed by atoms with Gasteiger partial charge in [-0.3, -0.25) is 4.98 Å². The van der Waals surface area contributed by atoms with Gasteiger partial charge in [-0.15, -0.1) is 22.7 Å². The first-order valence-corrected chi connectivity index (χ1v) is 9.64. The summed E-state index contributed by atoms with van der Waals surface area (Å²) in [7, 11) is 1.67. The minimum absolute atomic E-state index is 0.556. The van der Waals surface area contributed by atoms with Crippen molar-refractivity contribution in [3.05, 3.63) is 29.9 Å². The lowest BCUT2D eigenvalue weighted by molar-refractivity contribution is 0.174. The molecule has 0 amide bonds. The highest BCUT2D eigenvalue weighted by Gasteiger charge is 2.28. The molecule has 5 nitrogen and oxygen atoms in total. The van der Waals surface area contributed by atoms with Crippen molar-refractivity contribution in [2.75, 3.05) is 26.9 Å². The average molecular weight is 375 g/mol. The molecule has 0 bridgehead atoms. The van der Waals surface area contributed by atoms with Crippen LogP contribution in [0.2, 0.25) is 0 Å². The van der Waals surface area contributed by atoms with Crippen molar-refractivity contribution in [1.29, 1.82) is 0 Å². The normalized spacial score (nSPS) is 12.9. The van der Waals surface area contributed by atoms with Crippen molar-refractivity contribution in [3.8, 4) is 43.2 Å². The van der Waals surface area contributed by atoms with E-state index in [0.717, 1.165) is 43.2 Å². The number of methoxy groups -OCH3 is 1. The van der Waals surface area contributed by atoms with Gasteiger partial charge in [-0.2, -0.15) is 0 Å². The lowest BCUT2D eigenvalue weighted by Gasteiger charge is -2.16. The highest BCUT2D eigenvalue weighted by molar-refractivity contribution is 7.24. The van der Waals surface area contributed by atoms with Gasteiger partial charge in [-0.25, -0.2) is 0 Å². The van der Waals surface area contributed by atoms with Crippen LogP contribution in [0.15, 0.2) is 29.9 Å². The molecule has 0 N–H and O–H groups in total. The van der Waals surface area contributed by atoms with Crippen molar-refractivity contribution in [2.45, 2.75) is 6.92 Å². The second kappa shape index (κ2) is 6.93. The first-order valence-electron chi connectivity index (χ1n) is 7.95. The Balaban J connectivity index is 1.90. The zero-order chi connectivity index (χ0) is 17.2. The van der Waals surface area contributed by atoms with Crippen LogP contribution in [0.1, 0.15) is 6.92 Å². The summed E-state index contributed by atoms with van der Waals surface area (Å²) < 4.78 is 23.2. The summed E-state index contributed by atoms with van der Waals surface area (Å²) in [5.41, 5.74) is 1.05. The number of ether oxygens (including phenoxy) is 4. The molecule has 4 rings (SSSR count). The number of hydrogen-bond acceptors (Lipinski definition) is 7. The number of nitrogens with zero attached hydrogens (tertiary/aromatic N) is 1. The Morgan fingerprint density at radius 2 is 1.88 bits per heavy atom. The van der Waals surface area contributed by atoms with Crippen molar-refractivity contribution in [2.24, 2.45) is 0 Å². The Morgan fingerprint density at radius 3 is 2.64 bits per heavy atom. The topological polar surface area (TPSA) is 49.8 Å². The molecular weight excluding hydrogens is 358 g/mol. The first kappa shape index (κ1) is 16.2. The van der Waals surface area contributed by atoms with Crippen LogP contribution in [0.25, 0.3) is 20.2 Å². The van der Waals surface area contributed by atoms with E-state index in [2.05, 4.69) is 4.98 Å². The summed E-state index contributed by atoms with van der Waals surface area (Å²) in [6, 6.07) is 3.95. The van der Waals surface area contributed by atoms with Crippen LogP contribution >= 0.6 is 22.7 Å². The Morgan fingerprint density at radius 1 is 1.08 bits per heavy atom. The second-order valence-electron chi connectivity index (χ2n) is 5.25. The zero-order valence-electron chi connectivity index (χ0n) is 13.9. The number of hydrogen-bond donors (Lipinski definition) is 0. The Labute approximate surface area is 153 Å². The maximum absolute atomic E-state index is 5.93. The minimum atomic E-state index is 0.556. The number of pyridine rings is 1. The molecule has 0 aromatic carbocycles. The third kappa shape index (κ3) is 2.83. The molecule has 0 atom stereocenters. The highest BCUT2D eigenvalue weighted by Crippen LogP contribution is 2.57. The number of rotatable bonds is 5. The van der Waals surface area contributed by atoms with Gasteiger partial charge in [0.05, 0.1) is 28.3 Å². The molecule has 0 unspecified atom stereocenters. The Kier molecular flexibility index (Phi) is 4.50. The molecule has 25 heavy (non-hydrogen) atoms. The molecule has 7 heteroatoms. The first-order chi connectivity index (χ1) is 12.3. The summed E-state index contributed by atoms with van der Waals surface area (Å²) in [5.74, 6) is 3.08. The number of aromatic nitrogens is 1. The molecule has 0 aliphatic carbocycles. The van der Waals surface area contributed by atoms with Gasteiger partial charge in [0.2, 0.25) is 0 Å². The summed E-state index contributed by atoms with van der Waals surface area (Å²) in [6.07, 6.45) is 3.56. The lowest BCUT2D eigenvalue weighted by Crippen LogP contribution is -2.14. The molecule has 4 heterocycles. The van der Waals surface area contributed by atoms with E-state index >= 15 is 0 Å². The summed E-state index contributed by atoms with van der Waals surface area (Å²) in [6.45, 7) is 3.67. The van der Waals surface area contributed by atoms with E-state index in [1.165, 1.54) is 0 Å². The van der Waals surface area contributed by atoms with E-state index < -0.39 is 0 Å². The van der Waals surface area contributed by atoms with E-state index in [1.54, 1.807) is 42.2 Å². The highest BCUT2D eigenvalue weighted by atomic mass is 32.1. The fraction of sp³-hybridized carbons (Fsp3) is 0.278. The van der Waals surface area contributed by atoms with Crippen LogP contribution in [0, 0.1) is 0 Å². The van der Waals surface area contributed by atoms with Crippen LogP contribution in [-0.2, 0) is 0 Å². The van der Waals surface area contributed by atoms with Crippen LogP contribution in [0.5, 0.6) is 23.0 Å². The van der Waals surface area contributed by atoms with Gasteiger partial charge in [0.15, 0.2) is 23.0 Å². The lowest BCUT2D eigenvalue weighted by atomic mass is 10.2. The molecule has 1 aliphatic rings. The van der Waals surface area contributed by atoms with Crippen molar-refractivity contribution in [1.82, 2.24) is 4.98 Å². The monoisotopic (exact) mass is 375 g/mol. The van der Waals surface area contributed by atoms with E-state index in [1.807, 2.05) is 24.4 Å². The van der Waals surface area contributed by atoms with E-state index in [0.29, 0.717) is 19.8 Å². The van der Waals surface area contributed by atoms with Crippen molar-refractivity contribution in [3.63, 3.8) is 0 Å². The maximum Gasteiger partial charge on any atom is 0.181 e. The summed E-state index contributed by atoms with van der Waals surface area (Å²) in [5, 5.41) is 1.98. The molecule has 3 aromatic heterocycles. The average Bonchev–Trinajstić information content (AvgIpc) is 3.24. The van der Waals surface area contributed by atoms with Crippen molar-refractivity contribution < 1.29 is 18.9 Å². The van der Waals surface area contributed by atoms with Gasteiger partial charge in [0, 0.05) is 17.8 Å². The molecule has 0 spiro atoms. The van der Waals surface area contributed by atoms with Gasteiger partial charge in [-0.05, 0) is 24.6 Å². The van der Waals surface area contributed by atoms with E-state index in [4.69, 9.17) is 18.9 Å². The largest absolute Gasteiger partial charge is 0.491 e. The van der Waals surface area contributed by atoms with E-state index in [9.17, 15) is 0 Å². The molecule has 130 valence electrons. The van der Waals surface area contributed by atoms with Crippen molar-refractivity contribution >= 4 is 22.7 Å². The predicted octanol–water partition coefficient (Wildman–Crippen LogP) is 4.72. The van der Waals surface area contributed by atoms with Crippen LogP contribution in [0.3, 0.4) is 0 Å². The third-order valence-electron chi connectivity index (χ3n) is 3.77. The zero-order valence-corrected chi connectivity index (χ0v) is 15.5. The second-order valence-corrected chi connectivity index (χ2v) is 7.15. The Hall–Kier alpha value is -2.25. The standard InChI is InChI=1S/C18H17NO4S2/c1-3-21-15-14(20-2)18(25-16(15)11-4-6-19-7-5-11)17-13-12(10-24-17)22-8-9-23-13/h4-7,10H,3,8-9H2,1-2H3. The van der Waals surface area contributed by atoms with Crippen LogP contribution in [-0.4, -0.2) is 31.9 Å². The molecule has 0 saturated carbocycles. The molecule has 1 aliphatic heterocycles. The van der Waals surface area contributed by atoms with Gasteiger partial charge in [0.1, 0.15) is 13.2 Å². The molecule has 0 radical (unpaired) electrons. The molecule has 0 fully saturated rings. The quantitative estimate of drug-likeness (QED) is 0.646. The molecule has 0 saturated heterocycles. The summed E-state index contributed by atoms with van der Waals surface area (Å²) in [4.78, 5) is 7.13. The SMILES string of the molecule is CCOc1c(-c2ccncc2)sc(-c2scc3c2OCCO3)c1OC. The van der Waals surface area contributed by atoms with Gasteiger partial charge >= 0.3 is 0 Å². The predicted molar refractivity (Wildman–Crippen MR) is 99.6 cm³/mol. The fourth-order valence-corrected chi connectivity index (χ4v) is 5.02. The Bertz CT molecular complexity index is 873. The smallest absolute Gasteiger partial charge is 0.181 e. The van der Waals surface area contributed by atoms with Gasteiger partial charge in [-0.1, -0.05) is 0 Å². The van der Waals surface area contributed by atoms with Crippen LogP contribution < -0.4 is 18.9 Å². The fourth-order valence-electron chi connectivity index (χ4n) is 2.72. The summed E-state index contributed by atoms with van der Waals surface area (Å²) >= 11 is 3.23. The van der Waals surface area contributed by atoms with Crippen LogP contribution in [0.4, 0.5) is 0 Å². The third-order valence-corrected chi connectivity index (χ3v) is 6.07. The maximum atomic E-state index is 5.93. The minimum Gasteiger partial charge on any atom is -0.491 e.